The van der Waals surface area contributed by atoms with Crippen molar-refractivity contribution in [2.75, 3.05) is 6.54 Å². The zero-order valence-corrected chi connectivity index (χ0v) is 8.54. The van der Waals surface area contributed by atoms with Crippen LogP contribution in [-0.2, 0) is 4.79 Å². The first-order valence-electron chi connectivity index (χ1n) is 4.92. The molecule has 1 heterocycles. The maximum Gasteiger partial charge on any atom is 0.223 e. The van der Waals surface area contributed by atoms with Gasteiger partial charge in [0.05, 0.1) is 6.04 Å². The molecule has 0 radical (unpaired) electrons. The molecule has 1 atom stereocenters. The average molecular weight is 191 g/mol. The van der Waals surface area contributed by atoms with E-state index in [2.05, 4.69) is 19.7 Å². The lowest BCUT2D eigenvalue weighted by atomic mass is 9.95. The number of carbonyl (C=O) groups excluding carboxylic acids is 1. The highest BCUT2D eigenvalue weighted by Gasteiger charge is 2.27. The quantitative estimate of drug-likeness (QED) is 0.493. The molecule has 0 spiro atoms. The third-order valence-corrected chi connectivity index (χ3v) is 2.58. The van der Waals surface area contributed by atoms with E-state index in [4.69, 9.17) is 0 Å². The van der Waals surface area contributed by atoms with Crippen molar-refractivity contribution in [3.05, 3.63) is 37.5 Å². The Balaban J connectivity index is 2.78. The van der Waals surface area contributed by atoms with Crippen molar-refractivity contribution in [2.45, 2.75) is 25.3 Å². The molecule has 0 aromatic rings. The Bertz CT molecular complexity index is 267. The zero-order chi connectivity index (χ0) is 10.6. The van der Waals surface area contributed by atoms with Gasteiger partial charge in [-0.15, -0.1) is 6.58 Å². The predicted octanol–water partition coefficient (Wildman–Crippen LogP) is 2.30. The van der Waals surface area contributed by atoms with Gasteiger partial charge in [0, 0.05) is 13.0 Å². The van der Waals surface area contributed by atoms with Crippen LogP contribution in [0.25, 0.3) is 0 Å². The maximum atomic E-state index is 11.6. The Hall–Kier alpha value is -1.31. The molecule has 1 unspecified atom stereocenters. The molecule has 0 aliphatic carbocycles. The Labute approximate surface area is 85.6 Å². The summed E-state index contributed by atoms with van der Waals surface area (Å²) >= 11 is 0. The molecule has 1 fully saturated rings. The minimum absolute atomic E-state index is 0.131. The van der Waals surface area contributed by atoms with E-state index in [1.54, 1.807) is 12.2 Å². The van der Waals surface area contributed by atoms with E-state index < -0.39 is 0 Å². The number of nitrogens with zero attached hydrogens (tertiary/aromatic N) is 1. The summed E-state index contributed by atoms with van der Waals surface area (Å²) in [6.07, 6.45) is 6.08. The van der Waals surface area contributed by atoms with Gasteiger partial charge in [0.15, 0.2) is 0 Å². The third kappa shape index (κ3) is 2.13. The minimum Gasteiger partial charge on any atom is -0.332 e. The summed E-state index contributed by atoms with van der Waals surface area (Å²) in [7, 11) is 0. The highest BCUT2D eigenvalue weighted by atomic mass is 16.2. The number of likely N-dealkylation sites (tertiary alicyclic amines) is 1. The van der Waals surface area contributed by atoms with Crippen LogP contribution in [0.2, 0.25) is 0 Å². The first-order valence-corrected chi connectivity index (χ1v) is 4.92. The molecule has 76 valence electrons. The minimum atomic E-state index is 0.131. The van der Waals surface area contributed by atoms with E-state index in [9.17, 15) is 4.79 Å². The zero-order valence-electron chi connectivity index (χ0n) is 8.54. The van der Waals surface area contributed by atoms with Crippen LogP contribution in [0.15, 0.2) is 37.5 Å². The first-order chi connectivity index (χ1) is 6.70. The second kappa shape index (κ2) is 4.80. The van der Waals surface area contributed by atoms with Gasteiger partial charge in [0.2, 0.25) is 5.91 Å². The second-order valence-electron chi connectivity index (χ2n) is 3.52. The topological polar surface area (TPSA) is 20.3 Å². The fraction of sp³-hybridized carbons (Fsp3) is 0.417. The van der Waals surface area contributed by atoms with Crippen LogP contribution >= 0.6 is 0 Å². The second-order valence-corrected chi connectivity index (χ2v) is 3.52. The molecular formula is C12H17NO. The van der Waals surface area contributed by atoms with E-state index in [0.717, 1.165) is 18.4 Å². The molecule has 0 aromatic carbocycles. The Kier molecular flexibility index (Phi) is 3.69. The van der Waals surface area contributed by atoms with Crippen LogP contribution in [-0.4, -0.2) is 23.4 Å². The summed E-state index contributed by atoms with van der Waals surface area (Å²) < 4.78 is 0. The summed E-state index contributed by atoms with van der Waals surface area (Å²) in [6.45, 7) is 11.9. The van der Waals surface area contributed by atoms with Crippen molar-refractivity contribution in [1.82, 2.24) is 4.90 Å². The largest absolute Gasteiger partial charge is 0.332 e. The molecule has 1 saturated heterocycles. The number of amides is 1. The highest BCUT2D eigenvalue weighted by molar-refractivity contribution is 5.78. The number of hydrogen-bond acceptors (Lipinski definition) is 1. The molecule has 0 bridgehead atoms. The highest BCUT2D eigenvalue weighted by Crippen LogP contribution is 2.23. The summed E-state index contributed by atoms with van der Waals surface area (Å²) in [5.74, 6) is 0.198. The molecule has 1 amide bonds. The van der Waals surface area contributed by atoms with Gasteiger partial charge in [-0.3, -0.25) is 4.79 Å². The van der Waals surface area contributed by atoms with Crippen molar-refractivity contribution >= 4 is 5.91 Å². The lowest BCUT2D eigenvalue weighted by Gasteiger charge is -2.35. The molecule has 2 heteroatoms. The fourth-order valence-electron chi connectivity index (χ4n) is 1.81. The first kappa shape index (κ1) is 10.8. The van der Waals surface area contributed by atoms with Gasteiger partial charge in [-0.1, -0.05) is 25.3 Å². The van der Waals surface area contributed by atoms with Gasteiger partial charge in [-0.05, 0) is 18.4 Å². The number of hydrogen-bond donors (Lipinski definition) is 0. The number of rotatable bonds is 4. The monoisotopic (exact) mass is 191 g/mol. The Morgan fingerprint density at radius 1 is 1.57 bits per heavy atom. The third-order valence-electron chi connectivity index (χ3n) is 2.58. The summed E-state index contributed by atoms with van der Waals surface area (Å²) in [6, 6.07) is 0.131. The lowest BCUT2D eigenvalue weighted by Crippen LogP contribution is -2.44. The van der Waals surface area contributed by atoms with Gasteiger partial charge in [-0.25, -0.2) is 0 Å². The van der Waals surface area contributed by atoms with Crippen LogP contribution in [0, 0.1) is 0 Å². The summed E-state index contributed by atoms with van der Waals surface area (Å²) in [5.41, 5.74) is 0.930. The van der Waals surface area contributed by atoms with Gasteiger partial charge in [-0.2, -0.15) is 0 Å². The standard InChI is InChI=1S/C12H17NO/c1-4-9-13-11(10(3)5-2)7-6-8-12(13)14/h4-5,11H,1-3,6-9H2. The van der Waals surface area contributed by atoms with Crippen LogP contribution in [0.4, 0.5) is 0 Å². The van der Waals surface area contributed by atoms with Crippen LogP contribution in [0.5, 0.6) is 0 Å². The molecule has 1 aliphatic rings. The molecule has 1 aliphatic heterocycles. The van der Waals surface area contributed by atoms with E-state index in [-0.39, 0.29) is 11.9 Å². The van der Waals surface area contributed by atoms with E-state index in [1.807, 2.05) is 4.90 Å². The van der Waals surface area contributed by atoms with Gasteiger partial charge >= 0.3 is 0 Å². The van der Waals surface area contributed by atoms with Crippen LogP contribution < -0.4 is 0 Å². The van der Waals surface area contributed by atoms with Crippen LogP contribution in [0.1, 0.15) is 19.3 Å². The molecule has 0 saturated carbocycles. The van der Waals surface area contributed by atoms with Crippen molar-refractivity contribution in [3.8, 4) is 0 Å². The van der Waals surface area contributed by atoms with E-state index in [1.165, 1.54) is 0 Å². The normalized spacial score (nSPS) is 21.9. The predicted molar refractivity (Wildman–Crippen MR) is 58.9 cm³/mol. The summed E-state index contributed by atoms with van der Waals surface area (Å²) in [4.78, 5) is 13.5. The molecule has 14 heavy (non-hydrogen) atoms. The Morgan fingerprint density at radius 3 is 2.86 bits per heavy atom. The SMILES string of the molecule is C=CCN1C(=O)CCCC1C(=C)C=C. The van der Waals surface area contributed by atoms with Gasteiger partial charge < -0.3 is 4.90 Å². The van der Waals surface area contributed by atoms with Crippen molar-refractivity contribution in [2.24, 2.45) is 0 Å². The molecular weight excluding hydrogens is 174 g/mol. The van der Waals surface area contributed by atoms with Crippen molar-refractivity contribution in [3.63, 3.8) is 0 Å². The van der Waals surface area contributed by atoms with Crippen molar-refractivity contribution in [1.29, 1.82) is 0 Å². The van der Waals surface area contributed by atoms with Gasteiger partial charge in [0.25, 0.3) is 0 Å². The maximum absolute atomic E-state index is 11.6. The molecule has 2 nitrogen and oxygen atoms in total. The number of piperidine rings is 1. The molecule has 1 rings (SSSR count). The average Bonchev–Trinajstić information content (AvgIpc) is 2.20. The summed E-state index contributed by atoms with van der Waals surface area (Å²) in [5, 5.41) is 0. The van der Waals surface area contributed by atoms with Crippen LogP contribution in [0.3, 0.4) is 0 Å². The van der Waals surface area contributed by atoms with Gasteiger partial charge in [0.1, 0.15) is 0 Å². The fourth-order valence-corrected chi connectivity index (χ4v) is 1.81. The lowest BCUT2D eigenvalue weighted by molar-refractivity contribution is -0.134. The number of carbonyl (C=O) groups is 1. The van der Waals surface area contributed by atoms with E-state index >= 15 is 0 Å². The molecule has 0 aromatic heterocycles. The molecule has 0 N–H and O–H groups in total. The van der Waals surface area contributed by atoms with Crippen molar-refractivity contribution < 1.29 is 4.79 Å². The van der Waals surface area contributed by atoms with E-state index in [0.29, 0.717) is 13.0 Å². The smallest absolute Gasteiger partial charge is 0.223 e. The Morgan fingerprint density at radius 2 is 2.29 bits per heavy atom.